The van der Waals surface area contributed by atoms with Crippen LogP contribution in [0.5, 0.6) is 0 Å². The van der Waals surface area contributed by atoms with Crippen LogP contribution in [0.25, 0.3) is 0 Å². The highest BCUT2D eigenvalue weighted by molar-refractivity contribution is 8.00. The molecule has 0 unspecified atom stereocenters. The lowest BCUT2D eigenvalue weighted by Crippen LogP contribution is -2.45. The summed E-state index contributed by atoms with van der Waals surface area (Å²) in [4.78, 5) is 1.80. The van der Waals surface area contributed by atoms with Gasteiger partial charge in [-0.2, -0.15) is 26.3 Å². The molecule has 25 heavy (non-hydrogen) atoms. The van der Waals surface area contributed by atoms with Crippen LogP contribution >= 0.6 is 24.2 Å². The number of halogens is 7. The van der Waals surface area contributed by atoms with Gasteiger partial charge in [0.1, 0.15) is 0 Å². The van der Waals surface area contributed by atoms with Crippen molar-refractivity contribution in [3.05, 3.63) is 29.8 Å². The van der Waals surface area contributed by atoms with Crippen LogP contribution in [0.3, 0.4) is 0 Å². The largest absolute Gasteiger partial charge is 0.446 e. The third kappa shape index (κ3) is 7.64. The molecule has 1 fully saturated rings. The Morgan fingerprint density at radius 1 is 1.04 bits per heavy atom. The molecule has 1 saturated heterocycles. The molecular weight excluding hydrogens is 390 g/mol. The average Bonchev–Trinajstić information content (AvgIpc) is 2.47. The van der Waals surface area contributed by atoms with Crippen LogP contribution < -0.4 is 5.32 Å². The van der Waals surface area contributed by atoms with Gasteiger partial charge in [-0.15, -0.1) is 12.4 Å². The highest BCUT2D eigenvalue weighted by atomic mass is 35.5. The van der Waals surface area contributed by atoms with E-state index in [-0.39, 0.29) is 35.5 Å². The van der Waals surface area contributed by atoms with E-state index in [4.69, 9.17) is 0 Å². The van der Waals surface area contributed by atoms with E-state index in [0.717, 1.165) is 0 Å². The van der Waals surface area contributed by atoms with Crippen molar-refractivity contribution in [1.82, 2.24) is 10.2 Å². The summed E-state index contributed by atoms with van der Waals surface area (Å²) in [6.07, 6.45) is -5.61. The van der Waals surface area contributed by atoms with E-state index in [1.54, 1.807) is 6.07 Å². The van der Waals surface area contributed by atoms with Crippen LogP contribution in [0.1, 0.15) is 24.4 Å². The number of benzene rings is 1. The van der Waals surface area contributed by atoms with Crippen molar-refractivity contribution < 1.29 is 26.3 Å². The number of nitrogens with one attached hydrogen (secondary N) is 1. The predicted molar refractivity (Wildman–Crippen MR) is 88.1 cm³/mol. The Hall–Kier alpha value is -0.640. The van der Waals surface area contributed by atoms with Crippen LogP contribution in [0.2, 0.25) is 0 Å². The zero-order valence-corrected chi connectivity index (χ0v) is 14.8. The number of hydrogen-bond acceptors (Lipinski definition) is 3. The lowest BCUT2D eigenvalue weighted by atomic mass is 9.99. The third-order valence-electron chi connectivity index (χ3n) is 3.80. The second-order valence-corrected chi connectivity index (χ2v) is 6.65. The van der Waals surface area contributed by atoms with Gasteiger partial charge >= 0.3 is 11.7 Å². The van der Waals surface area contributed by atoms with Crippen molar-refractivity contribution in [3.63, 3.8) is 0 Å². The first kappa shape index (κ1) is 22.4. The smallest absolute Gasteiger partial charge is 0.314 e. The number of hydrogen-bond donors (Lipinski definition) is 1. The standard InChI is InChI=1S/C15H18F6N2S.ClH/c16-14(17,18)6-5-12(23-9-7-22-8-10-23)11-3-1-2-4-13(11)24-15(19,20)21;/h1-4,12,22H,5-10H2;1H/t12-;/m1./s1. The number of rotatable bonds is 5. The third-order valence-corrected chi connectivity index (χ3v) is 4.62. The van der Waals surface area contributed by atoms with Crippen molar-refractivity contribution in [2.45, 2.75) is 35.5 Å². The molecule has 0 spiro atoms. The van der Waals surface area contributed by atoms with Crippen LogP contribution in [-0.2, 0) is 0 Å². The first-order valence-electron chi connectivity index (χ1n) is 7.52. The maximum absolute atomic E-state index is 12.8. The van der Waals surface area contributed by atoms with E-state index in [1.165, 1.54) is 18.2 Å². The Morgan fingerprint density at radius 2 is 1.64 bits per heavy atom. The summed E-state index contributed by atoms with van der Waals surface area (Å²) in [7, 11) is 0. The van der Waals surface area contributed by atoms with Crippen molar-refractivity contribution in [3.8, 4) is 0 Å². The topological polar surface area (TPSA) is 15.3 Å². The second kappa shape index (κ2) is 9.34. The fraction of sp³-hybridized carbons (Fsp3) is 0.600. The highest BCUT2D eigenvalue weighted by Crippen LogP contribution is 2.42. The number of nitrogens with zero attached hydrogens (tertiary/aromatic N) is 1. The molecule has 0 aromatic heterocycles. The van der Waals surface area contributed by atoms with E-state index < -0.39 is 24.1 Å². The normalized spacial score (nSPS) is 17.8. The fourth-order valence-electron chi connectivity index (χ4n) is 2.80. The Balaban J connectivity index is 0.00000312. The highest BCUT2D eigenvalue weighted by Gasteiger charge is 2.35. The lowest BCUT2D eigenvalue weighted by Gasteiger charge is -2.36. The molecule has 1 aliphatic heterocycles. The Bertz CT molecular complexity index is 531. The molecule has 1 atom stereocenters. The zero-order chi connectivity index (χ0) is 17.8. The van der Waals surface area contributed by atoms with E-state index >= 15 is 0 Å². The SMILES string of the molecule is Cl.FC(F)(F)CC[C@H](c1ccccc1SC(F)(F)F)N1CCNCC1. The Kier molecular flexibility index (Phi) is 8.37. The zero-order valence-electron chi connectivity index (χ0n) is 13.2. The molecule has 0 bridgehead atoms. The van der Waals surface area contributed by atoms with Crippen LogP contribution in [0.4, 0.5) is 26.3 Å². The number of piperazine rings is 1. The molecule has 1 heterocycles. The maximum atomic E-state index is 12.8. The quantitative estimate of drug-likeness (QED) is 0.544. The van der Waals surface area contributed by atoms with E-state index in [9.17, 15) is 26.3 Å². The molecule has 144 valence electrons. The van der Waals surface area contributed by atoms with Gasteiger partial charge in [-0.3, -0.25) is 4.90 Å². The van der Waals surface area contributed by atoms with Crippen molar-refractivity contribution in [1.29, 1.82) is 0 Å². The minimum atomic E-state index is -4.48. The minimum Gasteiger partial charge on any atom is -0.314 e. The van der Waals surface area contributed by atoms with E-state index in [1.807, 2.05) is 4.90 Å². The molecule has 10 heteroatoms. The summed E-state index contributed by atoms with van der Waals surface area (Å²) >= 11 is -0.270. The molecule has 0 aliphatic carbocycles. The van der Waals surface area contributed by atoms with Crippen molar-refractivity contribution in [2.75, 3.05) is 26.2 Å². The first-order chi connectivity index (χ1) is 11.2. The minimum absolute atomic E-state index is 0. The molecular formula is C15H19ClF6N2S. The van der Waals surface area contributed by atoms with Crippen molar-refractivity contribution >= 4 is 24.2 Å². The summed E-state index contributed by atoms with van der Waals surface area (Å²) in [5, 5.41) is 3.10. The van der Waals surface area contributed by atoms with Gasteiger partial charge < -0.3 is 5.32 Å². The van der Waals surface area contributed by atoms with Gasteiger partial charge in [0.25, 0.3) is 0 Å². The van der Waals surface area contributed by atoms with Crippen LogP contribution in [0.15, 0.2) is 29.2 Å². The molecule has 2 nitrogen and oxygen atoms in total. The lowest BCUT2D eigenvalue weighted by molar-refractivity contribution is -0.138. The molecule has 0 radical (unpaired) electrons. The molecule has 1 aromatic rings. The molecule has 1 aromatic carbocycles. The van der Waals surface area contributed by atoms with Gasteiger partial charge in [0.05, 0.1) is 0 Å². The maximum Gasteiger partial charge on any atom is 0.446 e. The van der Waals surface area contributed by atoms with Crippen LogP contribution in [0, 0.1) is 0 Å². The Labute approximate surface area is 152 Å². The Morgan fingerprint density at radius 3 is 2.20 bits per heavy atom. The molecule has 0 amide bonds. The van der Waals surface area contributed by atoms with Crippen LogP contribution in [-0.4, -0.2) is 42.8 Å². The molecule has 1 aliphatic rings. The number of thioether (sulfide) groups is 1. The van der Waals surface area contributed by atoms with Crippen molar-refractivity contribution in [2.24, 2.45) is 0 Å². The summed E-state index contributed by atoms with van der Waals surface area (Å²) in [5.41, 5.74) is -4.17. The summed E-state index contributed by atoms with van der Waals surface area (Å²) < 4.78 is 76.2. The average molecular weight is 409 g/mol. The van der Waals surface area contributed by atoms with Gasteiger partial charge in [-0.1, -0.05) is 18.2 Å². The van der Waals surface area contributed by atoms with Gasteiger partial charge in [0, 0.05) is 43.5 Å². The van der Waals surface area contributed by atoms with Gasteiger partial charge in [-0.25, -0.2) is 0 Å². The second-order valence-electron chi connectivity index (χ2n) is 5.54. The molecule has 0 saturated carbocycles. The first-order valence-corrected chi connectivity index (χ1v) is 8.33. The van der Waals surface area contributed by atoms with Gasteiger partial charge in [0.15, 0.2) is 0 Å². The fourth-order valence-corrected chi connectivity index (χ4v) is 3.52. The molecule has 2 rings (SSSR count). The van der Waals surface area contributed by atoms with Gasteiger partial charge in [-0.05, 0) is 29.8 Å². The monoisotopic (exact) mass is 408 g/mol. The predicted octanol–water partition coefficient (Wildman–Crippen LogP) is 5.01. The number of alkyl halides is 6. The van der Waals surface area contributed by atoms with Gasteiger partial charge in [0.2, 0.25) is 0 Å². The molecule has 1 N–H and O–H groups in total. The summed E-state index contributed by atoms with van der Waals surface area (Å²) in [6, 6.07) is 5.17. The van der Waals surface area contributed by atoms with E-state index in [2.05, 4.69) is 5.32 Å². The van der Waals surface area contributed by atoms with E-state index in [0.29, 0.717) is 31.7 Å². The summed E-state index contributed by atoms with van der Waals surface area (Å²) in [6.45, 7) is 2.23. The summed E-state index contributed by atoms with van der Waals surface area (Å²) in [5.74, 6) is 0.